The molecule has 0 aromatic carbocycles. The first-order valence-electron chi connectivity index (χ1n) is 8.94. The van der Waals surface area contributed by atoms with Gasteiger partial charge in [0.1, 0.15) is 5.69 Å². The maximum absolute atomic E-state index is 12.3. The summed E-state index contributed by atoms with van der Waals surface area (Å²) >= 11 is 1.27. The Morgan fingerprint density at radius 3 is 2.78 bits per heavy atom. The van der Waals surface area contributed by atoms with Crippen LogP contribution in [0.4, 0.5) is 5.13 Å². The number of aliphatic hydroxyl groups is 1. The summed E-state index contributed by atoms with van der Waals surface area (Å²) in [6.45, 7) is 5.32. The Hall–Kier alpha value is -2.20. The number of amides is 2. The van der Waals surface area contributed by atoms with Gasteiger partial charge in [0, 0.05) is 25.0 Å². The molecule has 9 nitrogen and oxygen atoms in total. The lowest BCUT2D eigenvalue weighted by atomic mass is 9.97. The van der Waals surface area contributed by atoms with Crippen molar-refractivity contribution >= 4 is 34.3 Å². The van der Waals surface area contributed by atoms with Crippen LogP contribution in [0.5, 0.6) is 0 Å². The van der Waals surface area contributed by atoms with Crippen LogP contribution in [0.2, 0.25) is 0 Å². The number of aromatic nitrogens is 1. The van der Waals surface area contributed by atoms with Gasteiger partial charge in [0.2, 0.25) is 5.91 Å². The van der Waals surface area contributed by atoms with E-state index in [1.807, 2.05) is 18.7 Å². The first-order chi connectivity index (χ1) is 12.8. The molecule has 0 saturated carbocycles. The standard InChI is InChI=1S/C17H26N4O5S/c1-10(2)6-18-14(23)11-4-3-5-21(7-11)17-20-13(9-27-17)15(24)19-12(8-22)16(25)26/h9-12,22H,3-8H2,1-2H3,(H,18,23)(H,19,24)(H,25,26)/t11?,12-/m0/s1. The van der Waals surface area contributed by atoms with Crippen LogP contribution in [-0.4, -0.2) is 65.3 Å². The van der Waals surface area contributed by atoms with Gasteiger partial charge in [-0.1, -0.05) is 13.8 Å². The minimum Gasteiger partial charge on any atom is -0.480 e. The first kappa shape index (κ1) is 21.1. The average Bonchev–Trinajstić information content (AvgIpc) is 3.14. The highest BCUT2D eigenvalue weighted by molar-refractivity contribution is 7.13. The summed E-state index contributed by atoms with van der Waals surface area (Å²) in [5.74, 6) is -1.66. The highest BCUT2D eigenvalue weighted by Gasteiger charge is 2.28. The molecule has 0 spiro atoms. The highest BCUT2D eigenvalue weighted by Crippen LogP contribution is 2.26. The number of hydrogen-bond donors (Lipinski definition) is 4. The number of nitrogens with zero attached hydrogens (tertiary/aromatic N) is 2. The smallest absolute Gasteiger partial charge is 0.328 e. The number of hydrogen-bond acceptors (Lipinski definition) is 7. The fourth-order valence-corrected chi connectivity index (χ4v) is 3.59. The summed E-state index contributed by atoms with van der Waals surface area (Å²) in [6.07, 6.45) is 1.67. The van der Waals surface area contributed by atoms with E-state index in [4.69, 9.17) is 10.2 Å². The molecule has 27 heavy (non-hydrogen) atoms. The normalized spacial score (nSPS) is 18.2. The number of carbonyl (C=O) groups excluding carboxylic acids is 2. The Kier molecular flexibility index (Phi) is 7.55. The van der Waals surface area contributed by atoms with Gasteiger partial charge in [-0.25, -0.2) is 9.78 Å². The molecule has 2 amide bonds. The molecule has 150 valence electrons. The molecular formula is C17H26N4O5S. The molecule has 2 heterocycles. The summed E-state index contributed by atoms with van der Waals surface area (Å²) in [7, 11) is 0. The van der Waals surface area contributed by atoms with Gasteiger partial charge in [-0.3, -0.25) is 9.59 Å². The van der Waals surface area contributed by atoms with Crippen molar-refractivity contribution < 1.29 is 24.6 Å². The van der Waals surface area contributed by atoms with E-state index in [-0.39, 0.29) is 17.5 Å². The molecule has 1 saturated heterocycles. The second-order valence-electron chi connectivity index (χ2n) is 6.99. The Labute approximate surface area is 161 Å². The van der Waals surface area contributed by atoms with E-state index >= 15 is 0 Å². The minimum atomic E-state index is -1.37. The minimum absolute atomic E-state index is 0.0372. The lowest BCUT2D eigenvalue weighted by molar-refractivity contribution is -0.140. The van der Waals surface area contributed by atoms with E-state index < -0.39 is 24.5 Å². The van der Waals surface area contributed by atoms with E-state index in [1.54, 1.807) is 5.38 Å². The summed E-state index contributed by atoms with van der Waals surface area (Å²) in [5, 5.41) is 25.3. The molecular weight excluding hydrogens is 372 g/mol. The van der Waals surface area contributed by atoms with Gasteiger partial charge in [-0.2, -0.15) is 0 Å². The van der Waals surface area contributed by atoms with Crippen LogP contribution < -0.4 is 15.5 Å². The van der Waals surface area contributed by atoms with Crippen LogP contribution in [0.1, 0.15) is 37.2 Å². The predicted octanol–water partition coefficient (Wildman–Crippen LogP) is 0.307. The van der Waals surface area contributed by atoms with E-state index in [9.17, 15) is 14.4 Å². The van der Waals surface area contributed by atoms with Gasteiger partial charge in [0.25, 0.3) is 5.91 Å². The number of nitrogens with one attached hydrogen (secondary N) is 2. The summed E-state index contributed by atoms with van der Waals surface area (Å²) in [5.41, 5.74) is 0.0982. The van der Waals surface area contributed by atoms with Crippen LogP contribution in [0, 0.1) is 11.8 Å². The largest absolute Gasteiger partial charge is 0.480 e. The fourth-order valence-electron chi connectivity index (χ4n) is 2.75. The Morgan fingerprint density at radius 2 is 2.15 bits per heavy atom. The quantitative estimate of drug-likeness (QED) is 0.495. The second kappa shape index (κ2) is 9.65. The Balaban J connectivity index is 1.97. The van der Waals surface area contributed by atoms with Crippen molar-refractivity contribution in [1.29, 1.82) is 0 Å². The summed E-state index contributed by atoms with van der Waals surface area (Å²) in [4.78, 5) is 41.6. The van der Waals surface area contributed by atoms with Crippen molar-refractivity contribution in [2.45, 2.75) is 32.7 Å². The number of rotatable bonds is 8. The molecule has 2 rings (SSSR count). The highest BCUT2D eigenvalue weighted by atomic mass is 32.1. The number of carboxylic acids is 1. The third-order valence-electron chi connectivity index (χ3n) is 4.26. The molecule has 0 aliphatic carbocycles. The molecule has 1 unspecified atom stereocenters. The SMILES string of the molecule is CC(C)CNC(=O)C1CCCN(c2nc(C(=O)N[C@@H](CO)C(=O)O)cs2)C1. The van der Waals surface area contributed by atoms with E-state index in [2.05, 4.69) is 15.6 Å². The molecule has 1 fully saturated rings. The van der Waals surface area contributed by atoms with Crippen molar-refractivity contribution in [2.75, 3.05) is 31.1 Å². The summed E-state index contributed by atoms with van der Waals surface area (Å²) < 4.78 is 0. The van der Waals surface area contributed by atoms with Crippen LogP contribution in [0.3, 0.4) is 0 Å². The van der Waals surface area contributed by atoms with Crippen molar-refractivity contribution in [3.05, 3.63) is 11.1 Å². The maximum atomic E-state index is 12.3. The van der Waals surface area contributed by atoms with E-state index in [0.717, 1.165) is 19.4 Å². The van der Waals surface area contributed by atoms with Gasteiger partial charge >= 0.3 is 5.97 Å². The Bertz CT molecular complexity index is 678. The van der Waals surface area contributed by atoms with Crippen molar-refractivity contribution in [2.24, 2.45) is 11.8 Å². The lowest BCUT2D eigenvalue weighted by Gasteiger charge is -2.31. The second-order valence-corrected chi connectivity index (χ2v) is 7.82. The molecule has 4 N–H and O–H groups in total. The molecule has 10 heteroatoms. The molecule has 1 aromatic heterocycles. The van der Waals surface area contributed by atoms with Crippen molar-refractivity contribution in [3.8, 4) is 0 Å². The number of anilines is 1. The monoisotopic (exact) mass is 398 g/mol. The van der Waals surface area contributed by atoms with Crippen LogP contribution in [-0.2, 0) is 9.59 Å². The van der Waals surface area contributed by atoms with Crippen molar-refractivity contribution in [1.82, 2.24) is 15.6 Å². The zero-order chi connectivity index (χ0) is 20.0. The third-order valence-corrected chi connectivity index (χ3v) is 5.16. The fraction of sp³-hybridized carbons (Fsp3) is 0.647. The number of aliphatic hydroxyl groups excluding tert-OH is 1. The van der Waals surface area contributed by atoms with E-state index in [1.165, 1.54) is 11.3 Å². The lowest BCUT2D eigenvalue weighted by Crippen LogP contribution is -2.44. The van der Waals surface area contributed by atoms with Gasteiger partial charge < -0.3 is 25.7 Å². The zero-order valence-electron chi connectivity index (χ0n) is 15.5. The molecule has 1 aliphatic heterocycles. The van der Waals surface area contributed by atoms with Crippen LogP contribution >= 0.6 is 11.3 Å². The number of piperidine rings is 1. The van der Waals surface area contributed by atoms with Gasteiger partial charge in [0.05, 0.1) is 12.5 Å². The zero-order valence-corrected chi connectivity index (χ0v) is 16.3. The predicted molar refractivity (Wildman–Crippen MR) is 101 cm³/mol. The van der Waals surface area contributed by atoms with Gasteiger partial charge in [-0.05, 0) is 18.8 Å². The van der Waals surface area contributed by atoms with Crippen LogP contribution in [0.15, 0.2) is 5.38 Å². The average molecular weight is 398 g/mol. The van der Waals surface area contributed by atoms with Gasteiger partial charge in [-0.15, -0.1) is 11.3 Å². The number of carboxylic acid groups (broad SMARTS) is 1. The topological polar surface area (TPSA) is 132 Å². The summed E-state index contributed by atoms with van der Waals surface area (Å²) in [6, 6.07) is -1.37. The molecule has 2 atom stereocenters. The van der Waals surface area contributed by atoms with Crippen LogP contribution in [0.25, 0.3) is 0 Å². The van der Waals surface area contributed by atoms with E-state index in [0.29, 0.717) is 24.1 Å². The molecule has 0 bridgehead atoms. The maximum Gasteiger partial charge on any atom is 0.328 e. The van der Waals surface area contributed by atoms with Crippen molar-refractivity contribution in [3.63, 3.8) is 0 Å². The van der Waals surface area contributed by atoms with Gasteiger partial charge in [0.15, 0.2) is 11.2 Å². The number of carbonyl (C=O) groups is 3. The molecule has 1 aromatic rings. The Morgan fingerprint density at radius 1 is 1.41 bits per heavy atom. The number of aliphatic carboxylic acids is 1. The third kappa shape index (κ3) is 5.90. The first-order valence-corrected chi connectivity index (χ1v) is 9.82. The molecule has 1 aliphatic rings. The number of thiazole rings is 1. The molecule has 0 radical (unpaired) electrons.